The fourth-order valence-electron chi connectivity index (χ4n) is 0.973. The van der Waals surface area contributed by atoms with Crippen molar-refractivity contribution in [3.8, 4) is 0 Å². The molecule has 0 atom stereocenters. The largest absolute Gasteiger partial charge is 0.457 e. The number of hydrogen-bond donors (Lipinski definition) is 0. The smallest absolute Gasteiger partial charge is 0.417 e. The Morgan fingerprint density at radius 3 is 2.07 bits per heavy atom. The second-order valence-corrected chi connectivity index (χ2v) is 2.95. The van der Waals surface area contributed by atoms with E-state index in [1.165, 1.54) is 6.47 Å². The van der Waals surface area contributed by atoms with Gasteiger partial charge in [-0.1, -0.05) is 0 Å². The van der Waals surface area contributed by atoms with Gasteiger partial charge in [-0.05, 0) is 25.7 Å². The van der Waals surface area contributed by atoms with Gasteiger partial charge in [-0.25, -0.2) is 4.79 Å². The third kappa shape index (κ3) is 11.4. The number of rotatable bonds is 11. The zero-order valence-electron chi connectivity index (χ0n) is 8.79. The zero-order valence-corrected chi connectivity index (χ0v) is 8.79. The molecule has 1 radical (unpaired) electrons. The van der Waals surface area contributed by atoms with Crippen LogP contribution in [0.5, 0.6) is 0 Å². The van der Waals surface area contributed by atoms with Gasteiger partial charge in [0.1, 0.15) is 0 Å². The highest BCUT2D eigenvalue weighted by Crippen LogP contribution is 1.94. The molecule has 14 heavy (non-hydrogen) atoms. The number of carbonyl (C=O) groups excluding carboxylic acids is 1. The molecule has 0 aromatic carbocycles. The van der Waals surface area contributed by atoms with Crippen LogP contribution in [0.25, 0.3) is 0 Å². The monoisotopic (exact) mass is 203 g/mol. The molecule has 0 aliphatic rings. The summed E-state index contributed by atoms with van der Waals surface area (Å²) in [5.74, 6) is 0. The predicted octanol–water partition coefficient (Wildman–Crippen LogP) is 1.29. The Morgan fingerprint density at radius 2 is 1.50 bits per heavy atom. The average Bonchev–Trinajstić information content (AvgIpc) is 2.21. The maximum Gasteiger partial charge on any atom is 0.417 e. The van der Waals surface area contributed by atoms with Crippen LogP contribution in [-0.2, 0) is 19.0 Å². The van der Waals surface area contributed by atoms with E-state index in [0.29, 0.717) is 6.61 Å². The molecule has 0 heterocycles. The van der Waals surface area contributed by atoms with Gasteiger partial charge in [0.05, 0.1) is 6.61 Å². The van der Waals surface area contributed by atoms with Crippen LogP contribution in [0.15, 0.2) is 0 Å². The first kappa shape index (κ1) is 13.4. The van der Waals surface area contributed by atoms with Crippen LogP contribution in [0.3, 0.4) is 0 Å². The molecule has 0 aliphatic carbocycles. The van der Waals surface area contributed by atoms with E-state index in [2.05, 4.69) is 4.74 Å². The van der Waals surface area contributed by atoms with Gasteiger partial charge in [-0.2, -0.15) is 0 Å². The Morgan fingerprint density at radius 1 is 0.929 bits per heavy atom. The van der Waals surface area contributed by atoms with Crippen molar-refractivity contribution in [2.75, 3.05) is 33.5 Å². The van der Waals surface area contributed by atoms with E-state index < -0.39 is 0 Å². The lowest BCUT2D eigenvalue weighted by atomic mass is 10.3. The van der Waals surface area contributed by atoms with Crippen molar-refractivity contribution in [1.82, 2.24) is 0 Å². The van der Waals surface area contributed by atoms with Gasteiger partial charge >= 0.3 is 6.47 Å². The van der Waals surface area contributed by atoms with Gasteiger partial charge in [0.15, 0.2) is 0 Å². The third-order valence-corrected chi connectivity index (χ3v) is 1.73. The normalized spacial score (nSPS) is 10.1. The molecule has 4 nitrogen and oxygen atoms in total. The van der Waals surface area contributed by atoms with Crippen LogP contribution >= 0.6 is 0 Å². The molecule has 0 saturated heterocycles. The van der Waals surface area contributed by atoms with Gasteiger partial charge in [0.2, 0.25) is 0 Å². The van der Waals surface area contributed by atoms with Gasteiger partial charge in [0, 0.05) is 26.9 Å². The average molecular weight is 203 g/mol. The molecule has 0 rings (SSSR count). The summed E-state index contributed by atoms with van der Waals surface area (Å²) in [6.07, 6.45) is 3.84. The molecule has 83 valence electrons. The van der Waals surface area contributed by atoms with E-state index in [-0.39, 0.29) is 0 Å². The molecule has 0 unspecified atom stereocenters. The van der Waals surface area contributed by atoms with E-state index in [9.17, 15) is 4.79 Å². The zero-order chi connectivity index (χ0) is 10.5. The Bertz CT molecular complexity index is 117. The molecule has 0 bridgehead atoms. The molecular weight excluding hydrogens is 184 g/mol. The van der Waals surface area contributed by atoms with Crippen LogP contribution in [0.1, 0.15) is 25.7 Å². The molecular formula is C10H19O4. The van der Waals surface area contributed by atoms with Crippen molar-refractivity contribution in [2.45, 2.75) is 25.7 Å². The summed E-state index contributed by atoms with van der Waals surface area (Å²) in [5.41, 5.74) is 0. The molecule has 0 aliphatic heterocycles. The van der Waals surface area contributed by atoms with Crippen LogP contribution in [0, 0.1) is 0 Å². The van der Waals surface area contributed by atoms with E-state index in [1.54, 1.807) is 7.11 Å². The van der Waals surface area contributed by atoms with Crippen LogP contribution in [0.4, 0.5) is 0 Å². The molecule has 0 N–H and O–H groups in total. The molecule has 0 fully saturated rings. The minimum atomic E-state index is 0.441. The number of ether oxygens (including phenoxy) is 3. The molecule has 0 aromatic rings. The van der Waals surface area contributed by atoms with Gasteiger partial charge in [0.25, 0.3) is 0 Å². The SMILES string of the molecule is COCCCCOCCCCO[C]=O. The highest BCUT2D eigenvalue weighted by molar-refractivity contribution is 5.37. The maximum absolute atomic E-state index is 9.65. The van der Waals surface area contributed by atoms with E-state index in [1.807, 2.05) is 0 Å². The third-order valence-electron chi connectivity index (χ3n) is 1.73. The first-order chi connectivity index (χ1) is 6.91. The fourth-order valence-corrected chi connectivity index (χ4v) is 0.973. The van der Waals surface area contributed by atoms with Crippen LogP contribution in [-0.4, -0.2) is 40.0 Å². The fraction of sp³-hybridized carbons (Fsp3) is 0.900. The van der Waals surface area contributed by atoms with Crippen molar-refractivity contribution < 1.29 is 19.0 Å². The lowest BCUT2D eigenvalue weighted by Gasteiger charge is -2.03. The molecule has 0 spiro atoms. The topological polar surface area (TPSA) is 44.8 Å². The highest BCUT2D eigenvalue weighted by atomic mass is 16.5. The summed E-state index contributed by atoms with van der Waals surface area (Å²) in [6.45, 7) is 4.14. The summed E-state index contributed by atoms with van der Waals surface area (Å²) in [4.78, 5) is 9.65. The summed E-state index contributed by atoms with van der Waals surface area (Å²) < 4.78 is 14.7. The Labute approximate surface area is 85.5 Å². The van der Waals surface area contributed by atoms with E-state index in [0.717, 1.165) is 45.5 Å². The Balaban J connectivity index is 2.81. The number of hydrogen-bond acceptors (Lipinski definition) is 4. The van der Waals surface area contributed by atoms with Gasteiger partial charge in [-0.15, -0.1) is 0 Å². The summed E-state index contributed by atoms with van der Waals surface area (Å²) >= 11 is 0. The van der Waals surface area contributed by atoms with Crippen LogP contribution in [0.2, 0.25) is 0 Å². The second-order valence-electron chi connectivity index (χ2n) is 2.95. The van der Waals surface area contributed by atoms with Crippen molar-refractivity contribution in [3.05, 3.63) is 0 Å². The quantitative estimate of drug-likeness (QED) is 0.475. The number of unbranched alkanes of at least 4 members (excludes halogenated alkanes) is 2. The van der Waals surface area contributed by atoms with Crippen LogP contribution < -0.4 is 0 Å². The summed E-state index contributed by atoms with van der Waals surface area (Å²) in [5, 5.41) is 0. The maximum atomic E-state index is 9.65. The van der Waals surface area contributed by atoms with Crippen molar-refractivity contribution in [1.29, 1.82) is 0 Å². The van der Waals surface area contributed by atoms with Gasteiger partial charge < -0.3 is 14.2 Å². The standard InChI is InChI=1S/C10H19O4/c1-12-6-2-3-7-13-8-4-5-9-14-10-11/h2-9H2,1H3. The Kier molecular flexibility index (Phi) is 11.9. The molecule has 0 amide bonds. The van der Waals surface area contributed by atoms with Gasteiger partial charge in [-0.3, -0.25) is 0 Å². The van der Waals surface area contributed by atoms with E-state index in [4.69, 9.17) is 9.47 Å². The first-order valence-electron chi connectivity index (χ1n) is 4.97. The lowest BCUT2D eigenvalue weighted by molar-refractivity contribution is 0.112. The lowest BCUT2D eigenvalue weighted by Crippen LogP contribution is -2.00. The van der Waals surface area contributed by atoms with Crippen molar-refractivity contribution >= 4 is 6.47 Å². The van der Waals surface area contributed by atoms with E-state index >= 15 is 0 Å². The molecule has 0 saturated carbocycles. The van der Waals surface area contributed by atoms with Crippen molar-refractivity contribution in [3.63, 3.8) is 0 Å². The predicted molar refractivity (Wildman–Crippen MR) is 52.8 cm³/mol. The minimum absolute atomic E-state index is 0.441. The Hall–Kier alpha value is -0.610. The number of methoxy groups -OCH3 is 1. The minimum Gasteiger partial charge on any atom is -0.457 e. The first-order valence-corrected chi connectivity index (χ1v) is 4.97. The summed E-state index contributed by atoms with van der Waals surface area (Å²) in [6, 6.07) is 0. The second kappa shape index (κ2) is 12.4. The molecule has 0 aromatic heterocycles. The summed E-state index contributed by atoms with van der Waals surface area (Å²) in [7, 11) is 1.70. The molecule has 4 heteroatoms. The highest BCUT2D eigenvalue weighted by Gasteiger charge is 1.91. The van der Waals surface area contributed by atoms with Crippen molar-refractivity contribution in [2.24, 2.45) is 0 Å².